The van der Waals surface area contributed by atoms with Gasteiger partial charge in [-0.05, 0) is 37.6 Å². The van der Waals surface area contributed by atoms with Crippen LogP contribution in [0.2, 0.25) is 0 Å². The van der Waals surface area contributed by atoms with E-state index in [0.29, 0.717) is 5.76 Å². The lowest BCUT2D eigenvalue weighted by atomic mass is 10.1. The van der Waals surface area contributed by atoms with Gasteiger partial charge >= 0.3 is 6.18 Å². The van der Waals surface area contributed by atoms with Crippen molar-refractivity contribution in [1.29, 1.82) is 0 Å². The van der Waals surface area contributed by atoms with E-state index in [4.69, 9.17) is 4.42 Å². The highest BCUT2D eigenvalue weighted by molar-refractivity contribution is 5.29. The predicted molar refractivity (Wildman–Crippen MR) is 70.1 cm³/mol. The van der Waals surface area contributed by atoms with Gasteiger partial charge in [-0.1, -0.05) is 18.2 Å². The third-order valence-electron chi connectivity index (χ3n) is 3.11. The van der Waals surface area contributed by atoms with E-state index in [1.807, 2.05) is 26.0 Å². The maximum atomic E-state index is 12.9. The van der Waals surface area contributed by atoms with Crippen molar-refractivity contribution in [3.63, 3.8) is 0 Å². The molecule has 1 heterocycles. The number of nitrogens with one attached hydrogen (secondary N) is 1. The van der Waals surface area contributed by atoms with Crippen LogP contribution in [0.1, 0.15) is 35.6 Å². The van der Waals surface area contributed by atoms with E-state index in [1.165, 1.54) is 12.1 Å². The molecule has 2 nitrogen and oxygen atoms in total. The van der Waals surface area contributed by atoms with Gasteiger partial charge in [0, 0.05) is 6.54 Å². The smallest absolute Gasteiger partial charge is 0.416 e. The summed E-state index contributed by atoms with van der Waals surface area (Å²) in [6.45, 7) is 3.82. The van der Waals surface area contributed by atoms with E-state index in [0.717, 1.165) is 11.8 Å². The van der Waals surface area contributed by atoms with Crippen LogP contribution >= 0.6 is 0 Å². The first kappa shape index (κ1) is 14.7. The highest BCUT2D eigenvalue weighted by atomic mass is 19.4. The Morgan fingerprint density at radius 1 is 1.15 bits per heavy atom. The van der Waals surface area contributed by atoms with Gasteiger partial charge in [0.2, 0.25) is 0 Å². The Bertz CT molecular complexity index is 574. The van der Waals surface area contributed by atoms with Crippen molar-refractivity contribution in [3.8, 4) is 0 Å². The number of halogens is 3. The number of benzene rings is 1. The first-order valence-corrected chi connectivity index (χ1v) is 6.33. The summed E-state index contributed by atoms with van der Waals surface area (Å²) in [5, 5.41) is 3.05. The molecule has 0 spiro atoms. The fourth-order valence-electron chi connectivity index (χ4n) is 2.00. The maximum Gasteiger partial charge on any atom is 0.416 e. The Morgan fingerprint density at radius 2 is 1.85 bits per heavy atom. The summed E-state index contributed by atoms with van der Waals surface area (Å²) in [6, 6.07) is 9.08. The standard InChI is InChI=1S/C15H16F3NO/c1-10-7-8-14(20-10)11(2)19-9-12-5-3-4-6-13(12)15(16,17)18/h3-8,11,19H,9H2,1-2H3. The number of hydrogen-bond donors (Lipinski definition) is 1. The monoisotopic (exact) mass is 283 g/mol. The van der Waals surface area contributed by atoms with Gasteiger partial charge in [0.15, 0.2) is 0 Å². The molecule has 0 bridgehead atoms. The van der Waals surface area contributed by atoms with Crippen LogP contribution in [0.5, 0.6) is 0 Å². The van der Waals surface area contributed by atoms with Gasteiger partial charge in [0.25, 0.3) is 0 Å². The molecule has 1 aromatic heterocycles. The molecule has 0 amide bonds. The summed E-state index contributed by atoms with van der Waals surface area (Å²) >= 11 is 0. The highest BCUT2D eigenvalue weighted by Gasteiger charge is 2.32. The third kappa shape index (κ3) is 3.42. The van der Waals surface area contributed by atoms with Crippen LogP contribution in [0.25, 0.3) is 0 Å². The molecule has 0 aliphatic rings. The fraction of sp³-hybridized carbons (Fsp3) is 0.333. The Morgan fingerprint density at radius 3 is 2.45 bits per heavy atom. The van der Waals surface area contributed by atoms with E-state index in [1.54, 1.807) is 6.07 Å². The molecule has 1 aromatic carbocycles. The molecule has 0 saturated carbocycles. The lowest BCUT2D eigenvalue weighted by Gasteiger charge is -2.15. The van der Waals surface area contributed by atoms with Crippen LogP contribution < -0.4 is 5.32 Å². The fourth-order valence-corrected chi connectivity index (χ4v) is 2.00. The minimum atomic E-state index is -4.33. The van der Waals surface area contributed by atoms with Crippen molar-refractivity contribution in [2.24, 2.45) is 0 Å². The zero-order valence-corrected chi connectivity index (χ0v) is 11.3. The summed E-state index contributed by atoms with van der Waals surface area (Å²) in [4.78, 5) is 0. The van der Waals surface area contributed by atoms with Crippen LogP contribution in [0.15, 0.2) is 40.8 Å². The summed E-state index contributed by atoms with van der Waals surface area (Å²) in [5.41, 5.74) is -0.370. The Hall–Kier alpha value is -1.75. The van der Waals surface area contributed by atoms with Crippen LogP contribution in [0, 0.1) is 6.92 Å². The first-order valence-electron chi connectivity index (χ1n) is 6.33. The Kier molecular flexibility index (Phi) is 4.18. The van der Waals surface area contributed by atoms with Gasteiger partial charge in [0.1, 0.15) is 11.5 Å². The largest absolute Gasteiger partial charge is 0.465 e. The number of hydrogen-bond acceptors (Lipinski definition) is 2. The van der Waals surface area contributed by atoms with Crippen LogP contribution in [-0.4, -0.2) is 0 Å². The molecule has 1 atom stereocenters. The Labute approximate surface area is 115 Å². The first-order chi connectivity index (χ1) is 9.38. The molecule has 1 N–H and O–H groups in total. The number of aryl methyl sites for hydroxylation is 1. The minimum absolute atomic E-state index is 0.136. The van der Waals surface area contributed by atoms with E-state index < -0.39 is 11.7 Å². The second kappa shape index (κ2) is 5.71. The van der Waals surface area contributed by atoms with E-state index in [9.17, 15) is 13.2 Å². The van der Waals surface area contributed by atoms with Crippen LogP contribution in [0.4, 0.5) is 13.2 Å². The summed E-state index contributed by atoms with van der Waals surface area (Å²) in [6.07, 6.45) is -4.33. The van der Waals surface area contributed by atoms with E-state index in [2.05, 4.69) is 5.32 Å². The maximum absolute atomic E-state index is 12.9. The molecule has 20 heavy (non-hydrogen) atoms. The molecule has 0 saturated heterocycles. The quantitative estimate of drug-likeness (QED) is 0.896. The topological polar surface area (TPSA) is 25.2 Å². The molecule has 2 aromatic rings. The molecule has 108 valence electrons. The van der Waals surface area contributed by atoms with Gasteiger partial charge < -0.3 is 9.73 Å². The highest BCUT2D eigenvalue weighted by Crippen LogP contribution is 2.32. The third-order valence-corrected chi connectivity index (χ3v) is 3.11. The van der Waals surface area contributed by atoms with E-state index in [-0.39, 0.29) is 18.2 Å². The molecular formula is C15H16F3NO. The molecule has 0 fully saturated rings. The molecule has 0 aliphatic carbocycles. The molecule has 2 rings (SSSR count). The molecule has 1 unspecified atom stereocenters. The average Bonchev–Trinajstić information content (AvgIpc) is 2.82. The number of furan rings is 1. The van der Waals surface area contributed by atoms with Crippen LogP contribution in [-0.2, 0) is 12.7 Å². The van der Waals surface area contributed by atoms with Crippen molar-refractivity contribution in [3.05, 3.63) is 59.0 Å². The van der Waals surface area contributed by atoms with E-state index >= 15 is 0 Å². The van der Waals surface area contributed by atoms with Crippen molar-refractivity contribution < 1.29 is 17.6 Å². The van der Waals surface area contributed by atoms with Crippen LogP contribution in [0.3, 0.4) is 0 Å². The SMILES string of the molecule is Cc1ccc(C(C)NCc2ccccc2C(F)(F)F)o1. The van der Waals surface area contributed by atoms with Gasteiger partial charge in [-0.15, -0.1) is 0 Å². The lowest BCUT2D eigenvalue weighted by Crippen LogP contribution is -2.20. The molecule has 0 aliphatic heterocycles. The second-order valence-corrected chi connectivity index (χ2v) is 4.71. The minimum Gasteiger partial charge on any atom is -0.465 e. The zero-order chi connectivity index (χ0) is 14.8. The van der Waals surface area contributed by atoms with Crippen molar-refractivity contribution in [2.45, 2.75) is 32.6 Å². The lowest BCUT2D eigenvalue weighted by molar-refractivity contribution is -0.138. The average molecular weight is 283 g/mol. The van der Waals surface area contributed by atoms with Gasteiger partial charge in [-0.3, -0.25) is 0 Å². The normalized spacial score (nSPS) is 13.4. The van der Waals surface area contributed by atoms with Gasteiger partial charge in [0.05, 0.1) is 11.6 Å². The number of alkyl halides is 3. The summed E-state index contributed by atoms with van der Waals surface area (Å²) < 4.78 is 44.0. The molecule has 5 heteroatoms. The summed E-state index contributed by atoms with van der Waals surface area (Å²) in [5.74, 6) is 1.50. The molecule has 0 radical (unpaired) electrons. The van der Waals surface area contributed by atoms with Gasteiger partial charge in [-0.2, -0.15) is 13.2 Å². The number of rotatable bonds is 4. The zero-order valence-electron chi connectivity index (χ0n) is 11.3. The van der Waals surface area contributed by atoms with Gasteiger partial charge in [-0.25, -0.2) is 0 Å². The summed E-state index contributed by atoms with van der Waals surface area (Å²) in [7, 11) is 0. The Balaban J connectivity index is 2.08. The van der Waals surface area contributed by atoms with Crippen molar-refractivity contribution in [2.75, 3.05) is 0 Å². The van der Waals surface area contributed by atoms with Crippen molar-refractivity contribution in [1.82, 2.24) is 5.32 Å². The molecular weight excluding hydrogens is 267 g/mol. The van der Waals surface area contributed by atoms with Crippen molar-refractivity contribution >= 4 is 0 Å². The second-order valence-electron chi connectivity index (χ2n) is 4.71. The predicted octanol–water partition coefficient (Wildman–Crippen LogP) is 4.46.